The van der Waals surface area contributed by atoms with Crippen LogP contribution in [0.15, 0.2) is 36.8 Å². The van der Waals surface area contributed by atoms with E-state index in [1.807, 2.05) is 0 Å². The van der Waals surface area contributed by atoms with Crippen LogP contribution in [0.1, 0.15) is 42.0 Å². The zero-order chi connectivity index (χ0) is 24.4. The SMILES string of the molecule is Cn1cc([C@@H](NC(=O)[C@H]2CCc3cnc(NC4CCOCC4)nc3O2)c2ccc(Cl)c(F)c2)cn1. The number of rotatable bonds is 6. The van der Waals surface area contributed by atoms with Crippen molar-refractivity contribution in [2.75, 3.05) is 18.5 Å². The van der Waals surface area contributed by atoms with Gasteiger partial charge in [0.25, 0.3) is 5.91 Å². The predicted octanol–water partition coefficient (Wildman–Crippen LogP) is 3.19. The third-order valence-corrected chi connectivity index (χ3v) is 6.53. The first kappa shape index (κ1) is 23.5. The number of benzene rings is 1. The lowest BCUT2D eigenvalue weighted by atomic mass is 10.00. The Kier molecular flexibility index (Phi) is 6.83. The quantitative estimate of drug-likeness (QED) is 0.535. The van der Waals surface area contributed by atoms with E-state index in [2.05, 4.69) is 25.7 Å². The highest BCUT2D eigenvalue weighted by Crippen LogP contribution is 2.29. The highest BCUT2D eigenvalue weighted by Gasteiger charge is 2.30. The van der Waals surface area contributed by atoms with Crippen LogP contribution in [0.4, 0.5) is 10.3 Å². The van der Waals surface area contributed by atoms with Gasteiger partial charge >= 0.3 is 0 Å². The Morgan fingerprint density at radius 2 is 2.06 bits per heavy atom. The van der Waals surface area contributed by atoms with E-state index in [0.29, 0.717) is 49.0 Å². The fraction of sp³-hybridized carbons (Fsp3) is 0.417. The molecule has 1 saturated heterocycles. The molecule has 2 atom stereocenters. The van der Waals surface area contributed by atoms with E-state index in [4.69, 9.17) is 21.1 Å². The number of halogens is 2. The van der Waals surface area contributed by atoms with Crippen LogP contribution in [-0.4, -0.2) is 51.0 Å². The van der Waals surface area contributed by atoms with Gasteiger partial charge in [-0.25, -0.2) is 9.37 Å². The number of ether oxygens (including phenoxy) is 2. The zero-order valence-electron chi connectivity index (χ0n) is 19.2. The number of nitrogens with one attached hydrogen (secondary N) is 2. The summed E-state index contributed by atoms with van der Waals surface area (Å²) in [7, 11) is 1.78. The smallest absolute Gasteiger partial charge is 0.261 e. The van der Waals surface area contributed by atoms with Crippen LogP contribution in [0.3, 0.4) is 0 Å². The fourth-order valence-corrected chi connectivity index (χ4v) is 4.42. The molecular formula is C24H26ClFN6O3. The van der Waals surface area contributed by atoms with Crippen LogP contribution in [0.5, 0.6) is 5.88 Å². The van der Waals surface area contributed by atoms with Gasteiger partial charge in [-0.1, -0.05) is 17.7 Å². The van der Waals surface area contributed by atoms with Crippen LogP contribution in [-0.2, 0) is 23.0 Å². The second-order valence-corrected chi connectivity index (χ2v) is 9.17. The topological polar surface area (TPSA) is 103 Å². The van der Waals surface area contributed by atoms with E-state index in [0.717, 1.165) is 18.4 Å². The van der Waals surface area contributed by atoms with Crippen molar-refractivity contribution in [3.05, 3.63) is 64.3 Å². The van der Waals surface area contributed by atoms with Crippen LogP contribution < -0.4 is 15.4 Å². The number of aromatic nitrogens is 4. The Balaban J connectivity index is 1.32. The summed E-state index contributed by atoms with van der Waals surface area (Å²) in [5.74, 6) is -0.00757. The molecule has 2 aliphatic heterocycles. The minimum Gasteiger partial charge on any atom is -0.464 e. The van der Waals surface area contributed by atoms with Crippen molar-refractivity contribution in [2.24, 2.45) is 7.05 Å². The third-order valence-electron chi connectivity index (χ3n) is 6.22. The van der Waals surface area contributed by atoms with Gasteiger partial charge in [-0.15, -0.1) is 0 Å². The molecule has 0 unspecified atom stereocenters. The molecule has 1 amide bonds. The maximum absolute atomic E-state index is 14.2. The van der Waals surface area contributed by atoms with E-state index in [9.17, 15) is 9.18 Å². The average Bonchev–Trinajstić information content (AvgIpc) is 3.30. The molecule has 2 aromatic heterocycles. The lowest BCUT2D eigenvalue weighted by molar-refractivity contribution is -0.129. The van der Waals surface area contributed by atoms with Gasteiger partial charge in [-0.3, -0.25) is 9.48 Å². The van der Waals surface area contributed by atoms with Crippen molar-refractivity contribution in [3.63, 3.8) is 0 Å². The van der Waals surface area contributed by atoms with Gasteiger partial charge in [-0.2, -0.15) is 10.1 Å². The number of anilines is 1. The first-order chi connectivity index (χ1) is 17.0. The molecule has 3 aromatic rings. The van der Waals surface area contributed by atoms with Crippen LogP contribution in [0, 0.1) is 5.82 Å². The second-order valence-electron chi connectivity index (χ2n) is 8.76. The molecule has 0 aliphatic carbocycles. The van der Waals surface area contributed by atoms with Crippen molar-refractivity contribution in [3.8, 4) is 5.88 Å². The van der Waals surface area contributed by atoms with E-state index < -0.39 is 18.0 Å². The van der Waals surface area contributed by atoms with E-state index in [1.165, 1.54) is 12.1 Å². The number of carbonyl (C=O) groups is 1. The fourth-order valence-electron chi connectivity index (χ4n) is 4.30. The standard InChI is InChI=1S/C24H26ClFN6O3/c1-32-13-16(12-28-32)21(14-2-4-18(25)19(26)10-14)30-22(33)20-5-3-15-11-27-24(31-23(15)35-20)29-17-6-8-34-9-7-17/h2,4,10-13,17,20-21H,3,5-9H2,1H3,(H,30,33)(H,27,29,31)/t20-,21+/m1/s1. The molecular weight excluding hydrogens is 475 g/mol. The number of carbonyl (C=O) groups excluding carboxylic acids is 1. The molecule has 0 bridgehead atoms. The molecule has 4 heterocycles. The van der Waals surface area contributed by atoms with Crippen molar-refractivity contribution in [2.45, 2.75) is 43.9 Å². The molecule has 2 aliphatic rings. The first-order valence-corrected chi connectivity index (χ1v) is 11.9. The van der Waals surface area contributed by atoms with Gasteiger partial charge < -0.3 is 20.1 Å². The lowest BCUT2D eigenvalue weighted by Crippen LogP contribution is -2.42. The number of hydrogen-bond acceptors (Lipinski definition) is 7. The van der Waals surface area contributed by atoms with Crippen molar-refractivity contribution in [1.82, 2.24) is 25.1 Å². The summed E-state index contributed by atoms with van der Waals surface area (Å²) in [5, 5.41) is 10.5. The molecule has 9 nitrogen and oxygen atoms in total. The maximum Gasteiger partial charge on any atom is 0.261 e. The van der Waals surface area contributed by atoms with E-state index in [-0.39, 0.29) is 17.0 Å². The summed E-state index contributed by atoms with van der Waals surface area (Å²) in [6.45, 7) is 1.41. The molecule has 184 valence electrons. The molecule has 1 aromatic carbocycles. The van der Waals surface area contributed by atoms with Crippen LogP contribution in [0.2, 0.25) is 5.02 Å². The highest BCUT2D eigenvalue weighted by atomic mass is 35.5. The van der Waals surface area contributed by atoms with Gasteiger partial charge in [0.1, 0.15) is 5.82 Å². The highest BCUT2D eigenvalue weighted by molar-refractivity contribution is 6.30. The van der Waals surface area contributed by atoms with Gasteiger partial charge in [0.2, 0.25) is 11.8 Å². The Morgan fingerprint density at radius 3 is 2.80 bits per heavy atom. The number of amides is 1. The molecule has 0 saturated carbocycles. The number of nitrogens with zero attached hydrogens (tertiary/aromatic N) is 4. The Morgan fingerprint density at radius 1 is 1.23 bits per heavy atom. The Hall–Kier alpha value is -3.24. The lowest BCUT2D eigenvalue weighted by Gasteiger charge is -2.27. The van der Waals surface area contributed by atoms with Gasteiger partial charge in [0, 0.05) is 49.8 Å². The van der Waals surface area contributed by atoms with Crippen LogP contribution in [0.25, 0.3) is 0 Å². The Bertz CT molecular complexity index is 1220. The zero-order valence-corrected chi connectivity index (χ0v) is 20.0. The summed E-state index contributed by atoms with van der Waals surface area (Å²) in [5.41, 5.74) is 2.12. The second kappa shape index (κ2) is 10.2. The van der Waals surface area contributed by atoms with Crippen molar-refractivity contribution < 1.29 is 18.7 Å². The summed E-state index contributed by atoms with van der Waals surface area (Å²) in [6.07, 6.45) is 7.26. The molecule has 1 fully saturated rings. The number of fused-ring (bicyclic) bond motifs is 1. The van der Waals surface area contributed by atoms with Crippen molar-refractivity contribution >= 4 is 23.5 Å². The molecule has 35 heavy (non-hydrogen) atoms. The first-order valence-electron chi connectivity index (χ1n) is 11.6. The summed E-state index contributed by atoms with van der Waals surface area (Å²) >= 11 is 5.86. The van der Waals surface area contributed by atoms with E-state index in [1.54, 1.807) is 36.4 Å². The average molecular weight is 501 g/mol. The largest absolute Gasteiger partial charge is 0.464 e. The summed E-state index contributed by atoms with van der Waals surface area (Å²) in [6, 6.07) is 4.09. The van der Waals surface area contributed by atoms with Gasteiger partial charge in [0.05, 0.1) is 17.3 Å². The maximum atomic E-state index is 14.2. The van der Waals surface area contributed by atoms with E-state index >= 15 is 0 Å². The molecule has 11 heteroatoms. The monoisotopic (exact) mass is 500 g/mol. The summed E-state index contributed by atoms with van der Waals surface area (Å²) < 4.78 is 27.2. The van der Waals surface area contributed by atoms with Gasteiger partial charge in [-0.05, 0) is 43.4 Å². The normalized spacial score (nSPS) is 18.9. The predicted molar refractivity (Wildman–Crippen MR) is 127 cm³/mol. The minimum absolute atomic E-state index is 0.0158. The molecule has 0 radical (unpaired) electrons. The van der Waals surface area contributed by atoms with Crippen LogP contribution >= 0.6 is 11.6 Å². The number of aryl methyl sites for hydroxylation is 2. The molecule has 5 rings (SSSR count). The summed E-state index contributed by atoms with van der Waals surface area (Å²) in [4.78, 5) is 22.2. The number of hydrogen-bond donors (Lipinski definition) is 2. The Labute approximate surface area is 207 Å². The minimum atomic E-state index is -0.746. The van der Waals surface area contributed by atoms with Crippen molar-refractivity contribution in [1.29, 1.82) is 0 Å². The molecule has 2 N–H and O–H groups in total. The molecule has 0 spiro atoms. The van der Waals surface area contributed by atoms with Gasteiger partial charge in [0.15, 0.2) is 6.10 Å². The third kappa shape index (κ3) is 5.38.